The molecular formula is C18H30N2O. The molecule has 1 heterocycles. The van der Waals surface area contributed by atoms with Gasteiger partial charge in [-0.2, -0.15) is 0 Å². The Balaban J connectivity index is 1.88. The molecule has 2 N–H and O–H groups in total. The van der Waals surface area contributed by atoms with E-state index in [9.17, 15) is 0 Å². The molecule has 1 atom stereocenters. The van der Waals surface area contributed by atoms with E-state index < -0.39 is 0 Å². The van der Waals surface area contributed by atoms with Crippen molar-refractivity contribution < 1.29 is 4.74 Å². The average molecular weight is 290 g/mol. The Kier molecular flexibility index (Phi) is 6.04. The van der Waals surface area contributed by atoms with Gasteiger partial charge in [0.25, 0.3) is 0 Å². The lowest BCUT2D eigenvalue weighted by molar-refractivity contribution is 0.322. The lowest BCUT2D eigenvalue weighted by Crippen LogP contribution is -2.25. The largest absolute Gasteiger partial charge is 0.496 e. The van der Waals surface area contributed by atoms with Crippen molar-refractivity contribution in [3.63, 3.8) is 0 Å². The molecule has 1 fully saturated rings. The van der Waals surface area contributed by atoms with Gasteiger partial charge in [0.1, 0.15) is 5.75 Å². The van der Waals surface area contributed by atoms with E-state index in [1.54, 1.807) is 7.11 Å². The molecular weight excluding hydrogens is 260 g/mol. The third-order valence-electron chi connectivity index (χ3n) is 4.88. The smallest absolute Gasteiger partial charge is 0.128 e. The Hall–Kier alpha value is -1.09. The summed E-state index contributed by atoms with van der Waals surface area (Å²) < 4.78 is 5.47. The minimum absolute atomic E-state index is 0.213. The predicted octanol–water partition coefficient (Wildman–Crippen LogP) is 3.94. The Bertz CT molecular complexity index is 453. The summed E-state index contributed by atoms with van der Waals surface area (Å²) in [4.78, 5) is 4.56. The zero-order valence-electron chi connectivity index (χ0n) is 13.8. The van der Waals surface area contributed by atoms with Crippen molar-refractivity contribution in [2.75, 3.05) is 7.11 Å². The van der Waals surface area contributed by atoms with E-state index >= 15 is 0 Å². The van der Waals surface area contributed by atoms with Crippen LogP contribution in [-0.4, -0.2) is 18.1 Å². The summed E-state index contributed by atoms with van der Waals surface area (Å²) in [5.74, 6) is 1.87. The first-order chi connectivity index (χ1) is 10.1. The summed E-state index contributed by atoms with van der Waals surface area (Å²) in [6, 6.07) is 0.213. The topological polar surface area (TPSA) is 48.1 Å². The van der Waals surface area contributed by atoms with Gasteiger partial charge in [0.15, 0.2) is 0 Å². The second kappa shape index (κ2) is 7.79. The van der Waals surface area contributed by atoms with Crippen molar-refractivity contribution in [1.29, 1.82) is 0 Å². The van der Waals surface area contributed by atoms with Crippen LogP contribution in [0, 0.1) is 19.8 Å². The number of rotatable bonds is 6. The molecule has 0 bridgehead atoms. The van der Waals surface area contributed by atoms with Gasteiger partial charge in [-0.15, -0.1) is 0 Å². The predicted molar refractivity (Wildman–Crippen MR) is 87.8 cm³/mol. The normalized spacial score (nSPS) is 17.7. The Morgan fingerprint density at radius 1 is 1.29 bits per heavy atom. The van der Waals surface area contributed by atoms with Crippen LogP contribution in [0.3, 0.4) is 0 Å². The molecule has 0 saturated heterocycles. The van der Waals surface area contributed by atoms with Gasteiger partial charge < -0.3 is 10.5 Å². The summed E-state index contributed by atoms with van der Waals surface area (Å²) in [7, 11) is 1.72. The Labute approximate surface area is 129 Å². The van der Waals surface area contributed by atoms with Gasteiger partial charge in [0, 0.05) is 35.5 Å². The Morgan fingerprint density at radius 2 is 2.00 bits per heavy atom. The highest BCUT2D eigenvalue weighted by molar-refractivity contribution is 5.41. The zero-order chi connectivity index (χ0) is 15.2. The van der Waals surface area contributed by atoms with Crippen molar-refractivity contribution in [3.8, 4) is 5.75 Å². The van der Waals surface area contributed by atoms with Crippen molar-refractivity contribution in [3.05, 3.63) is 23.0 Å². The highest BCUT2D eigenvalue weighted by Crippen LogP contribution is 2.28. The fourth-order valence-corrected chi connectivity index (χ4v) is 3.55. The van der Waals surface area contributed by atoms with E-state index in [0.29, 0.717) is 0 Å². The third-order valence-corrected chi connectivity index (χ3v) is 4.88. The van der Waals surface area contributed by atoms with Gasteiger partial charge in [0.2, 0.25) is 0 Å². The van der Waals surface area contributed by atoms with Gasteiger partial charge >= 0.3 is 0 Å². The van der Waals surface area contributed by atoms with Crippen LogP contribution in [0.1, 0.15) is 61.8 Å². The molecule has 0 spiro atoms. The van der Waals surface area contributed by atoms with Crippen molar-refractivity contribution in [2.45, 2.75) is 71.3 Å². The van der Waals surface area contributed by atoms with E-state index in [-0.39, 0.29) is 6.04 Å². The van der Waals surface area contributed by atoms with Crippen LogP contribution < -0.4 is 10.5 Å². The first kappa shape index (κ1) is 16.3. The molecule has 2 rings (SSSR count). The van der Waals surface area contributed by atoms with Gasteiger partial charge in [-0.05, 0) is 32.6 Å². The second-order valence-corrected chi connectivity index (χ2v) is 6.59. The molecule has 21 heavy (non-hydrogen) atoms. The SMILES string of the molecule is COc1c(C)cnc(CC(N)CCC2CCCCC2)c1C. The van der Waals surface area contributed by atoms with E-state index in [2.05, 4.69) is 11.9 Å². The molecule has 1 saturated carbocycles. The fourth-order valence-electron chi connectivity index (χ4n) is 3.55. The van der Waals surface area contributed by atoms with Crippen LogP contribution in [0.4, 0.5) is 0 Å². The van der Waals surface area contributed by atoms with Crippen molar-refractivity contribution in [1.82, 2.24) is 4.98 Å². The summed E-state index contributed by atoms with van der Waals surface area (Å²) in [6.45, 7) is 4.12. The monoisotopic (exact) mass is 290 g/mol. The maximum atomic E-state index is 6.34. The molecule has 118 valence electrons. The van der Waals surface area contributed by atoms with Crippen LogP contribution in [0.2, 0.25) is 0 Å². The van der Waals surface area contributed by atoms with Gasteiger partial charge in [0.05, 0.1) is 7.11 Å². The second-order valence-electron chi connectivity index (χ2n) is 6.59. The molecule has 0 amide bonds. The van der Waals surface area contributed by atoms with E-state index in [0.717, 1.165) is 41.3 Å². The number of methoxy groups -OCH3 is 1. The number of hydrogen-bond acceptors (Lipinski definition) is 3. The number of nitrogens with two attached hydrogens (primary N) is 1. The summed E-state index contributed by atoms with van der Waals surface area (Å²) in [6.07, 6.45) is 12.2. The first-order valence-corrected chi connectivity index (χ1v) is 8.36. The highest BCUT2D eigenvalue weighted by atomic mass is 16.5. The maximum Gasteiger partial charge on any atom is 0.128 e. The van der Waals surface area contributed by atoms with Gasteiger partial charge in [-0.1, -0.05) is 32.1 Å². The zero-order valence-corrected chi connectivity index (χ0v) is 13.8. The molecule has 0 aromatic carbocycles. The number of hydrogen-bond donors (Lipinski definition) is 1. The van der Waals surface area contributed by atoms with Crippen LogP contribution in [0.5, 0.6) is 5.75 Å². The molecule has 0 radical (unpaired) electrons. The minimum Gasteiger partial charge on any atom is -0.496 e. The quantitative estimate of drug-likeness (QED) is 0.863. The number of aromatic nitrogens is 1. The van der Waals surface area contributed by atoms with E-state index in [4.69, 9.17) is 10.5 Å². The third kappa shape index (κ3) is 4.44. The fraction of sp³-hybridized carbons (Fsp3) is 0.722. The van der Waals surface area contributed by atoms with Crippen LogP contribution in [0.15, 0.2) is 6.20 Å². The van der Waals surface area contributed by atoms with Crippen LogP contribution in [0.25, 0.3) is 0 Å². The molecule has 0 aliphatic heterocycles. The average Bonchev–Trinajstić information content (AvgIpc) is 2.50. The molecule has 1 aromatic heterocycles. The van der Waals surface area contributed by atoms with Crippen LogP contribution >= 0.6 is 0 Å². The molecule has 3 heteroatoms. The molecule has 1 aromatic rings. The number of pyridine rings is 1. The summed E-state index contributed by atoms with van der Waals surface area (Å²) >= 11 is 0. The van der Waals surface area contributed by atoms with Crippen LogP contribution in [-0.2, 0) is 6.42 Å². The molecule has 1 aliphatic rings. The minimum atomic E-state index is 0.213. The molecule has 1 unspecified atom stereocenters. The van der Waals surface area contributed by atoms with Crippen molar-refractivity contribution in [2.24, 2.45) is 11.7 Å². The summed E-state index contributed by atoms with van der Waals surface area (Å²) in [5.41, 5.74) is 9.67. The highest BCUT2D eigenvalue weighted by Gasteiger charge is 2.16. The number of nitrogens with zero attached hydrogens (tertiary/aromatic N) is 1. The van der Waals surface area contributed by atoms with E-state index in [1.165, 1.54) is 38.5 Å². The van der Waals surface area contributed by atoms with Crippen molar-refractivity contribution >= 4 is 0 Å². The molecule has 3 nitrogen and oxygen atoms in total. The lowest BCUT2D eigenvalue weighted by Gasteiger charge is -2.23. The summed E-state index contributed by atoms with van der Waals surface area (Å²) in [5, 5.41) is 0. The maximum absolute atomic E-state index is 6.34. The van der Waals surface area contributed by atoms with E-state index in [1.807, 2.05) is 13.1 Å². The standard InChI is InChI=1S/C18H30N2O/c1-13-12-20-17(14(2)18(13)21-3)11-16(19)10-9-15-7-5-4-6-8-15/h12,15-16H,4-11,19H2,1-3H3. The van der Waals surface area contributed by atoms with Gasteiger partial charge in [-0.25, -0.2) is 0 Å². The van der Waals surface area contributed by atoms with Gasteiger partial charge in [-0.3, -0.25) is 4.98 Å². The first-order valence-electron chi connectivity index (χ1n) is 8.36. The molecule has 1 aliphatic carbocycles. The number of ether oxygens (including phenoxy) is 1. The Morgan fingerprint density at radius 3 is 2.67 bits per heavy atom. The lowest BCUT2D eigenvalue weighted by atomic mass is 9.85. The number of aryl methyl sites for hydroxylation is 1.